The van der Waals surface area contributed by atoms with E-state index in [1.807, 2.05) is 6.92 Å². The average molecular weight is 320 g/mol. The molecule has 2 saturated heterocycles. The molecule has 7 nitrogen and oxygen atoms in total. The van der Waals surface area contributed by atoms with Crippen LogP contribution in [0.5, 0.6) is 0 Å². The minimum atomic E-state index is -0.288. The zero-order valence-electron chi connectivity index (χ0n) is 13.7. The van der Waals surface area contributed by atoms with E-state index in [0.29, 0.717) is 25.4 Å². The summed E-state index contributed by atoms with van der Waals surface area (Å²) in [5, 5.41) is 6.92. The van der Waals surface area contributed by atoms with E-state index in [1.165, 1.54) is 0 Å². The molecular weight excluding hydrogens is 296 g/mol. The van der Waals surface area contributed by atoms with Crippen molar-refractivity contribution in [1.29, 1.82) is 0 Å². The molecule has 0 aliphatic carbocycles. The van der Waals surface area contributed by atoms with Crippen LogP contribution >= 0.6 is 0 Å². The fourth-order valence-corrected chi connectivity index (χ4v) is 3.02. The number of hydrogen-bond donors (Lipinski definition) is 1. The molecule has 2 aliphatic heterocycles. The van der Waals surface area contributed by atoms with Crippen molar-refractivity contribution in [2.24, 2.45) is 0 Å². The summed E-state index contributed by atoms with van der Waals surface area (Å²) >= 11 is 0. The van der Waals surface area contributed by atoms with E-state index in [-0.39, 0.29) is 24.0 Å². The van der Waals surface area contributed by atoms with E-state index in [1.54, 1.807) is 22.9 Å². The minimum Gasteiger partial charge on any atom is -0.368 e. The SMILES string of the molecule is CCc1cc(C(=O)N(C)C2CN(C(=O)C3CCCCO3)C2)n[nH]1. The van der Waals surface area contributed by atoms with Crippen LogP contribution in [0.15, 0.2) is 6.07 Å². The van der Waals surface area contributed by atoms with Crippen molar-refractivity contribution in [2.75, 3.05) is 26.7 Å². The van der Waals surface area contributed by atoms with E-state index < -0.39 is 0 Å². The van der Waals surface area contributed by atoms with E-state index in [2.05, 4.69) is 10.2 Å². The van der Waals surface area contributed by atoms with E-state index >= 15 is 0 Å². The third-order valence-corrected chi connectivity index (χ3v) is 4.73. The highest BCUT2D eigenvalue weighted by atomic mass is 16.5. The molecule has 1 N–H and O–H groups in total. The Labute approximate surface area is 136 Å². The Morgan fingerprint density at radius 1 is 1.43 bits per heavy atom. The van der Waals surface area contributed by atoms with Gasteiger partial charge in [0.05, 0.1) is 6.04 Å². The van der Waals surface area contributed by atoms with Crippen LogP contribution in [0.25, 0.3) is 0 Å². The second-order valence-electron chi connectivity index (χ2n) is 6.30. The van der Waals surface area contributed by atoms with Gasteiger partial charge in [-0.2, -0.15) is 5.10 Å². The first-order chi connectivity index (χ1) is 11.1. The molecule has 2 amide bonds. The number of carbonyl (C=O) groups is 2. The summed E-state index contributed by atoms with van der Waals surface area (Å²) < 4.78 is 5.54. The topological polar surface area (TPSA) is 78.5 Å². The number of nitrogens with zero attached hydrogens (tertiary/aromatic N) is 3. The van der Waals surface area contributed by atoms with E-state index in [0.717, 1.165) is 31.4 Å². The van der Waals surface area contributed by atoms with Gasteiger partial charge in [-0.15, -0.1) is 0 Å². The number of likely N-dealkylation sites (tertiary alicyclic amines) is 1. The number of carbonyl (C=O) groups excluding carboxylic acids is 2. The third kappa shape index (κ3) is 3.24. The second-order valence-corrected chi connectivity index (χ2v) is 6.30. The number of H-pyrrole nitrogens is 1. The molecule has 3 rings (SSSR count). The molecule has 0 radical (unpaired) electrons. The lowest BCUT2D eigenvalue weighted by Crippen LogP contribution is -2.63. The number of rotatable bonds is 4. The monoisotopic (exact) mass is 320 g/mol. The minimum absolute atomic E-state index is 0.0526. The fourth-order valence-electron chi connectivity index (χ4n) is 3.02. The molecule has 1 atom stereocenters. The number of ether oxygens (including phenoxy) is 1. The van der Waals surface area contributed by atoms with Gasteiger partial charge in [0.1, 0.15) is 11.8 Å². The van der Waals surface area contributed by atoms with Gasteiger partial charge < -0.3 is 14.5 Å². The van der Waals surface area contributed by atoms with E-state index in [4.69, 9.17) is 4.74 Å². The molecule has 0 bridgehead atoms. The van der Waals surface area contributed by atoms with Crippen molar-refractivity contribution in [3.05, 3.63) is 17.5 Å². The van der Waals surface area contributed by atoms with Crippen LogP contribution in [0.4, 0.5) is 0 Å². The number of aryl methyl sites for hydroxylation is 1. The number of likely N-dealkylation sites (N-methyl/N-ethyl adjacent to an activating group) is 1. The van der Waals surface area contributed by atoms with Crippen LogP contribution in [-0.2, 0) is 16.0 Å². The van der Waals surface area contributed by atoms with Gasteiger partial charge in [0.15, 0.2) is 0 Å². The first kappa shape index (κ1) is 16.0. The molecule has 7 heteroatoms. The van der Waals surface area contributed by atoms with Crippen molar-refractivity contribution in [3.63, 3.8) is 0 Å². The summed E-state index contributed by atoms with van der Waals surface area (Å²) in [5.74, 6) is -0.0400. The van der Waals surface area contributed by atoms with Crippen molar-refractivity contribution in [3.8, 4) is 0 Å². The van der Waals surface area contributed by atoms with Crippen LogP contribution in [0.2, 0.25) is 0 Å². The molecule has 1 aromatic rings. The van der Waals surface area contributed by atoms with Crippen molar-refractivity contribution in [1.82, 2.24) is 20.0 Å². The molecule has 126 valence electrons. The molecule has 23 heavy (non-hydrogen) atoms. The smallest absolute Gasteiger partial charge is 0.274 e. The van der Waals surface area contributed by atoms with Gasteiger partial charge in [0.25, 0.3) is 11.8 Å². The maximum Gasteiger partial charge on any atom is 0.274 e. The van der Waals surface area contributed by atoms with Gasteiger partial charge in [0.2, 0.25) is 0 Å². The standard InChI is InChI=1S/C16H24N4O3/c1-3-11-8-13(18-17-11)15(21)19(2)12-9-20(10-12)16(22)14-6-4-5-7-23-14/h8,12,14H,3-7,9-10H2,1-2H3,(H,17,18). The van der Waals surface area contributed by atoms with Crippen molar-refractivity contribution < 1.29 is 14.3 Å². The Bertz CT molecular complexity index is 574. The summed E-state index contributed by atoms with van der Waals surface area (Å²) in [6, 6.07) is 1.84. The Morgan fingerprint density at radius 3 is 2.83 bits per heavy atom. The number of aromatic amines is 1. The van der Waals surface area contributed by atoms with E-state index in [9.17, 15) is 9.59 Å². The highest BCUT2D eigenvalue weighted by Crippen LogP contribution is 2.21. The maximum atomic E-state index is 12.4. The van der Waals surface area contributed by atoms with Crippen molar-refractivity contribution >= 4 is 11.8 Å². The third-order valence-electron chi connectivity index (χ3n) is 4.73. The first-order valence-electron chi connectivity index (χ1n) is 8.32. The average Bonchev–Trinajstić information content (AvgIpc) is 3.02. The Hall–Kier alpha value is -1.89. The molecule has 3 heterocycles. The molecule has 0 saturated carbocycles. The highest BCUT2D eigenvalue weighted by molar-refractivity contribution is 5.92. The fraction of sp³-hybridized carbons (Fsp3) is 0.688. The summed E-state index contributed by atoms with van der Waals surface area (Å²) in [5.41, 5.74) is 1.38. The number of nitrogens with one attached hydrogen (secondary N) is 1. The number of amides is 2. The zero-order valence-corrected chi connectivity index (χ0v) is 13.7. The molecule has 2 aliphatic rings. The lowest BCUT2D eigenvalue weighted by atomic mass is 10.0. The quantitative estimate of drug-likeness (QED) is 0.891. The molecule has 0 spiro atoms. The van der Waals surface area contributed by atoms with Crippen LogP contribution in [0, 0.1) is 0 Å². The van der Waals surface area contributed by atoms with Gasteiger partial charge in [-0.3, -0.25) is 14.7 Å². The van der Waals surface area contributed by atoms with Gasteiger partial charge in [-0.25, -0.2) is 0 Å². The van der Waals surface area contributed by atoms with Gasteiger partial charge >= 0.3 is 0 Å². The lowest BCUT2D eigenvalue weighted by Gasteiger charge is -2.45. The Morgan fingerprint density at radius 2 is 2.22 bits per heavy atom. The van der Waals surface area contributed by atoms with Gasteiger partial charge in [-0.1, -0.05) is 6.92 Å². The first-order valence-corrected chi connectivity index (χ1v) is 8.32. The lowest BCUT2D eigenvalue weighted by molar-refractivity contribution is -0.153. The predicted molar refractivity (Wildman–Crippen MR) is 84.0 cm³/mol. The number of aromatic nitrogens is 2. The Kier molecular flexibility index (Phi) is 4.66. The largest absolute Gasteiger partial charge is 0.368 e. The normalized spacial score (nSPS) is 21.8. The zero-order chi connectivity index (χ0) is 16.4. The summed E-state index contributed by atoms with van der Waals surface area (Å²) in [6.07, 6.45) is 3.42. The highest BCUT2D eigenvalue weighted by Gasteiger charge is 2.39. The van der Waals surface area contributed by atoms with Gasteiger partial charge in [-0.05, 0) is 31.7 Å². The van der Waals surface area contributed by atoms with Crippen LogP contribution in [0.1, 0.15) is 42.4 Å². The molecule has 0 aromatic carbocycles. The summed E-state index contributed by atoms with van der Waals surface area (Å²) in [4.78, 5) is 28.2. The summed E-state index contributed by atoms with van der Waals surface area (Å²) in [6.45, 7) is 3.83. The molecule has 2 fully saturated rings. The summed E-state index contributed by atoms with van der Waals surface area (Å²) in [7, 11) is 1.77. The van der Waals surface area contributed by atoms with Crippen LogP contribution in [0.3, 0.4) is 0 Å². The second kappa shape index (κ2) is 6.70. The molecule has 1 unspecified atom stereocenters. The van der Waals surface area contributed by atoms with Crippen LogP contribution < -0.4 is 0 Å². The Balaban J connectivity index is 1.51. The van der Waals surface area contributed by atoms with Crippen molar-refractivity contribution in [2.45, 2.75) is 44.8 Å². The van der Waals surface area contributed by atoms with Crippen LogP contribution in [-0.4, -0.2) is 70.7 Å². The predicted octanol–water partition coefficient (Wildman–Crippen LogP) is 0.824. The molecule has 1 aromatic heterocycles. The number of hydrogen-bond acceptors (Lipinski definition) is 4. The molecular formula is C16H24N4O3. The van der Waals surface area contributed by atoms with Gasteiger partial charge in [0, 0.05) is 32.4 Å². The maximum absolute atomic E-state index is 12.4.